The molecule has 2 heterocycles. The molecule has 0 bridgehead atoms. The molecule has 1 aromatic heterocycles. The van der Waals surface area contributed by atoms with E-state index in [0.29, 0.717) is 16.9 Å². The molecular weight excluding hydrogens is 455 g/mol. The molecule has 0 radical (unpaired) electrons. The molecule has 9 heteroatoms. The summed E-state index contributed by atoms with van der Waals surface area (Å²) in [5.41, 5.74) is 2.66. The molecule has 0 amide bonds. The van der Waals surface area contributed by atoms with E-state index in [-0.39, 0.29) is 30.3 Å². The molecule has 3 aromatic rings. The summed E-state index contributed by atoms with van der Waals surface area (Å²) in [7, 11) is -3.61. The van der Waals surface area contributed by atoms with E-state index in [4.69, 9.17) is 14.2 Å². The number of rotatable bonds is 7. The van der Waals surface area contributed by atoms with Gasteiger partial charge in [0.25, 0.3) is 0 Å². The minimum atomic E-state index is -3.61. The molecule has 6 nitrogen and oxygen atoms in total. The number of ether oxygens (including phenoxy) is 3. The Labute approximate surface area is 189 Å². The van der Waals surface area contributed by atoms with Gasteiger partial charge in [-0.3, -0.25) is 4.79 Å². The standard InChI is InChI=1S/C23H21FO6S2/c1-15-2-4-20(5-3-15)32(26,27)9-7-21(25)28-12-17-10-19(24)11-18-13-29-23(30-22(17)18)16-6-8-31-14-16/h2-6,8,10-11,14,23H,7,9,12-13H2,1H3. The van der Waals surface area contributed by atoms with Crippen molar-refractivity contribution in [1.82, 2.24) is 0 Å². The van der Waals surface area contributed by atoms with E-state index in [1.807, 2.05) is 23.8 Å². The average Bonchev–Trinajstić information content (AvgIpc) is 3.31. The van der Waals surface area contributed by atoms with Crippen LogP contribution in [0, 0.1) is 12.7 Å². The second-order valence-electron chi connectivity index (χ2n) is 7.41. The lowest BCUT2D eigenvalue weighted by atomic mass is 10.1. The monoisotopic (exact) mass is 476 g/mol. The molecule has 0 spiro atoms. The first kappa shape index (κ1) is 22.4. The van der Waals surface area contributed by atoms with Crippen molar-refractivity contribution >= 4 is 27.1 Å². The fourth-order valence-electron chi connectivity index (χ4n) is 3.27. The second kappa shape index (κ2) is 9.40. The Morgan fingerprint density at radius 3 is 2.72 bits per heavy atom. The van der Waals surface area contributed by atoms with Gasteiger partial charge in [0.15, 0.2) is 9.84 Å². The van der Waals surface area contributed by atoms with Crippen LogP contribution in [0.3, 0.4) is 0 Å². The number of sulfone groups is 1. The molecule has 1 unspecified atom stereocenters. The maximum Gasteiger partial charge on any atom is 0.307 e. The number of carbonyl (C=O) groups is 1. The summed E-state index contributed by atoms with van der Waals surface area (Å²) in [6, 6.07) is 10.9. The zero-order valence-electron chi connectivity index (χ0n) is 17.2. The van der Waals surface area contributed by atoms with Gasteiger partial charge in [-0.05, 0) is 42.6 Å². The van der Waals surface area contributed by atoms with Gasteiger partial charge in [0.05, 0.1) is 23.7 Å². The van der Waals surface area contributed by atoms with Crippen molar-refractivity contribution in [3.63, 3.8) is 0 Å². The number of aryl methyl sites for hydroxylation is 1. The van der Waals surface area contributed by atoms with Crippen molar-refractivity contribution in [2.75, 3.05) is 5.75 Å². The maximum absolute atomic E-state index is 14.0. The predicted molar refractivity (Wildman–Crippen MR) is 117 cm³/mol. The number of thiophene rings is 1. The smallest absolute Gasteiger partial charge is 0.307 e. The number of benzene rings is 2. The Morgan fingerprint density at radius 2 is 2.00 bits per heavy atom. The Hall–Kier alpha value is -2.75. The number of esters is 1. The van der Waals surface area contributed by atoms with Crippen LogP contribution in [0.2, 0.25) is 0 Å². The molecule has 2 aromatic carbocycles. The van der Waals surface area contributed by atoms with Crippen LogP contribution >= 0.6 is 11.3 Å². The lowest BCUT2D eigenvalue weighted by molar-refractivity contribution is -0.144. The van der Waals surface area contributed by atoms with Crippen LogP contribution in [0.5, 0.6) is 5.75 Å². The fourth-order valence-corrected chi connectivity index (χ4v) is 5.15. The molecule has 0 fully saturated rings. The van der Waals surface area contributed by atoms with E-state index in [1.165, 1.54) is 35.6 Å². The third kappa shape index (κ3) is 5.17. The molecule has 1 aliphatic heterocycles. The number of halogens is 1. The van der Waals surface area contributed by atoms with E-state index >= 15 is 0 Å². The molecule has 1 aliphatic rings. The molecular formula is C23H21FO6S2. The zero-order valence-corrected chi connectivity index (χ0v) is 18.9. The topological polar surface area (TPSA) is 78.9 Å². The summed E-state index contributed by atoms with van der Waals surface area (Å²) in [6.07, 6.45) is -0.941. The van der Waals surface area contributed by atoms with Crippen molar-refractivity contribution in [2.45, 2.75) is 37.7 Å². The maximum atomic E-state index is 14.0. The van der Waals surface area contributed by atoms with E-state index in [1.54, 1.807) is 12.1 Å². The van der Waals surface area contributed by atoms with Gasteiger partial charge in [-0.15, -0.1) is 0 Å². The zero-order chi connectivity index (χ0) is 22.7. The first-order valence-electron chi connectivity index (χ1n) is 9.88. The van der Waals surface area contributed by atoms with Crippen LogP contribution in [-0.2, 0) is 37.3 Å². The third-order valence-electron chi connectivity index (χ3n) is 4.98. The van der Waals surface area contributed by atoms with E-state index in [0.717, 1.165) is 11.1 Å². The molecule has 4 rings (SSSR count). The van der Waals surface area contributed by atoms with Crippen LogP contribution in [0.15, 0.2) is 58.1 Å². The van der Waals surface area contributed by atoms with Crippen LogP contribution < -0.4 is 4.74 Å². The molecule has 168 valence electrons. The summed E-state index contributed by atoms with van der Waals surface area (Å²) in [4.78, 5) is 12.4. The molecule has 1 atom stereocenters. The number of hydrogen-bond acceptors (Lipinski definition) is 7. The molecule has 0 saturated carbocycles. The van der Waals surface area contributed by atoms with E-state index < -0.39 is 27.9 Å². The fraction of sp³-hybridized carbons (Fsp3) is 0.261. The summed E-state index contributed by atoms with van der Waals surface area (Å²) >= 11 is 1.50. The normalized spacial score (nSPS) is 15.6. The number of fused-ring (bicyclic) bond motifs is 1. The Morgan fingerprint density at radius 1 is 1.22 bits per heavy atom. The van der Waals surface area contributed by atoms with Gasteiger partial charge in [-0.25, -0.2) is 12.8 Å². The van der Waals surface area contributed by atoms with E-state index in [2.05, 4.69) is 0 Å². The van der Waals surface area contributed by atoms with Crippen molar-refractivity contribution in [1.29, 1.82) is 0 Å². The first-order chi connectivity index (χ1) is 15.3. The number of carbonyl (C=O) groups excluding carboxylic acids is 1. The molecule has 0 aliphatic carbocycles. The second-order valence-corrected chi connectivity index (χ2v) is 10.3. The van der Waals surface area contributed by atoms with Crippen molar-refractivity contribution in [2.24, 2.45) is 0 Å². The van der Waals surface area contributed by atoms with Crippen molar-refractivity contribution < 1.29 is 31.8 Å². The Kier molecular flexibility index (Phi) is 6.59. The predicted octanol–water partition coefficient (Wildman–Crippen LogP) is 4.71. The summed E-state index contributed by atoms with van der Waals surface area (Å²) in [5, 5.41) is 3.79. The molecule has 0 saturated heterocycles. The lowest BCUT2D eigenvalue weighted by Crippen LogP contribution is -2.19. The minimum Gasteiger partial charge on any atom is -0.461 e. The third-order valence-corrected chi connectivity index (χ3v) is 7.42. The Balaban J connectivity index is 1.40. The summed E-state index contributed by atoms with van der Waals surface area (Å²) < 4.78 is 55.7. The Bertz CT molecular complexity index is 1200. The van der Waals surface area contributed by atoms with Gasteiger partial charge in [0.1, 0.15) is 18.2 Å². The van der Waals surface area contributed by atoms with Gasteiger partial charge in [-0.1, -0.05) is 17.7 Å². The highest BCUT2D eigenvalue weighted by atomic mass is 32.2. The average molecular weight is 477 g/mol. The summed E-state index contributed by atoms with van der Waals surface area (Å²) in [5.74, 6) is -1.16. The number of hydrogen-bond donors (Lipinski definition) is 0. The highest BCUT2D eigenvalue weighted by Gasteiger charge is 2.26. The van der Waals surface area contributed by atoms with Crippen LogP contribution in [0.1, 0.15) is 35.0 Å². The first-order valence-corrected chi connectivity index (χ1v) is 12.5. The van der Waals surface area contributed by atoms with Crippen molar-refractivity contribution in [3.05, 3.63) is 81.3 Å². The van der Waals surface area contributed by atoms with E-state index in [9.17, 15) is 17.6 Å². The van der Waals surface area contributed by atoms with Gasteiger partial charge in [0.2, 0.25) is 6.29 Å². The SMILES string of the molecule is Cc1ccc(S(=O)(=O)CCC(=O)OCc2cc(F)cc3c2OC(c2ccsc2)OC3)cc1. The van der Waals surface area contributed by atoms with Gasteiger partial charge < -0.3 is 14.2 Å². The highest BCUT2D eigenvalue weighted by molar-refractivity contribution is 7.91. The van der Waals surface area contributed by atoms with Gasteiger partial charge in [-0.2, -0.15) is 11.3 Å². The van der Waals surface area contributed by atoms with Gasteiger partial charge in [0, 0.05) is 22.1 Å². The van der Waals surface area contributed by atoms with Crippen LogP contribution in [0.4, 0.5) is 4.39 Å². The quantitative estimate of drug-likeness (QED) is 0.460. The molecule has 0 N–H and O–H groups in total. The minimum absolute atomic E-state index is 0.156. The molecule has 32 heavy (non-hydrogen) atoms. The summed E-state index contributed by atoms with van der Waals surface area (Å²) in [6.45, 7) is 1.78. The van der Waals surface area contributed by atoms with Crippen LogP contribution in [-0.4, -0.2) is 20.1 Å². The largest absolute Gasteiger partial charge is 0.461 e. The lowest BCUT2D eigenvalue weighted by Gasteiger charge is -2.27. The highest BCUT2D eigenvalue weighted by Crippen LogP contribution is 2.37. The van der Waals surface area contributed by atoms with Crippen molar-refractivity contribution in [3.8, 4) is 5.75 Å². The van der Waals surface area contributed by atoms with Crippen LogP contribution in [0.25, 0.3) is 0 Å². The van der Waals surface area contributed by atoms with Gasteiger partial charge >= 0.3 is 5.97 Å².